The summed E-state index contributed by atoms with van der Waals surface area (Å²) in [6, 6.07) is 20.4. The third kappa shape index (κ3) is 5.60. The van der Waals surface area contributed by atoms with E-state index < -0.39 is 36.3 Å². The topological polar surface area (TPSA) is 73.9 Å². The maximum Gasteiger partial charge on any atom is 0.494 e. The van der Waals surface area contributed by atoms with Crippen LogP contribution in [0.2, 0.25) is 10.0 Å². The van der Waals surface area contributed by atoms with Gasteiger partial charge in [0.15, 0.2) is 0 Å². The molecule has 1 unspecified atom stereocenters. The number of amides is 1. The zero-order valence-corrected chi connectivity index (χ0v) is 21.9. The zero-order chi connectivity index (χ0) is 26.1. The van der Waals surface area contributed by atoms with E-state index in [1.807, 2.05) is 45.9 Å². The molecule has 4 rings (SSSR count). The molecule has 0 radical (unpaired) electrons. The Hall–Kier alpha value is -2.84. The molecule has 9 heteroatoms. The lowest BCUT2D eigenvalue weighted by Crippen LogP contribution is -2.41. The van der Waals surface area contributed by atoms with Gasteiger partial charge in [0.25, 0.3) is 5.91 Å². The van der Waals surface area contributed by atoms with Crippen LogP contribution in [0.3, 0.4) is 0 Å². The molecule has 1 N–H and O–H groups in total. The van der Waals surface area contributed by atoms with Crippen LogP contribution in [0.4, 0.5) is 5.69 Å². The second kappa shape index (κ2) is 10.3. The van der Waals surface area contributed by atoms with Crippen molar-refractivity contribution in [3.63, 3.8) is 0 Å². The Morgan fingerprint density at radius 1 is 0.889 bits per heavy atom. The fourth-order valence-corrected chi connectivity index (χ4v) is 4.00. The molecule has 0 aliphatic carbocycles. The minimum absolute atomic E-state index is 0.0738. The Labute approximate surface area is 221 Å². The van der Waals surface area contributed by atoms with Gasteiger partial charge in [-0.25, -0.2) is 4.79 Å². The Bertz CT molecular complexity index is 1250. The van der Waals surface area contributed by atoms with Gasteiger partial charge in [-0.1, -0.05) is 65.7 Å². The minimum Gasteiger partial charge on any atom is -0.444 e. The van der Waals surface area contributed by atoms with Crippen molar-refractivity contribution in [3.05, 3.63) is 94.0 Å². The van der Waals surface area contributed by atoms with Gasteiger partial charge in [0.2, 0.25) is 6.10 Å². The SMILES string of the molecule is CC1(C)OB(c2ccc(NC(=O)C(OC(=O)c3cc(Cl)ccc3Cl)c3ccccc3)cc2)OC1(C)C. The Morgan fingerprint density at radius 3 is 2.11 bits per heavy atom. The lowest BCUT2D eigenvalue weighted by Gasteiger charge is -2.32. The van der Waals surface area contributed by atoms with E-state index in [0.717, 1.165) is 5.46 Å². The van der Waals surface area contributed by atoms with Gasteiger partial charge in [-0.2, -0.15) is 0 Å². The van der Waals surface area contributed by atoms with Gasteiger partial charge in [-0.15, -0.1) is 0 Å². The lowest BCUT2D eigenvalue weighted by molar-refractivity contribution is -0.125. The number of nitrogens with one attached hydrogen (secondary N) is 1. The third-order valence-corrected chi connectivity index (χ3v) is 6.98. The number of benzene rings is 3. The van der Waals surface area contributed by atoms with E-state index in [1.165, 1.54) is 12.1 Å². The van der Waals surface area contributed by atoms with Crippen LogP contribution in [0.25, 0.3) is 0 Å². The smallest absolute Gasteiger partial charge is 0.444 e. The van der Waals surface area contributed by atoms with E-state index in [2.05, 4.69) is 5.32 Å². The lowest BCUT2D eigenvalue weighted by atomic mass is 9.79. The van der Waals surface area contributed by atoms with Crippen LogP contribution in [-0.4, -0.2) is 30.2 Å². The summed E-state index contributed by atoms with van der Waals surface area (Å²) in [5, 5.41) is 3.32. The van der Waals surface area contributed by atoms with Gasteiger partial charge < -0.3 is 19.4 Å². The Kier molecular flexibility index (Phi) is 7.48. The molecule has 1 fully saturated rings. The van der Waals surface area contributed by atoms with Gasteiger partial charge in [-0.3, -0.25) is 4.79 Å². The molecule has 0 bridgehead atoms. The van der Waals surface area contributed by atoms with Gasteiger partial charge >= 0.3 is 13.1 Å². The molecule has 3 aromatic rings. The minimum atomic E-state index is -1.21. The normalized spacial score (nSPS) is 16.9. The molecular weight excluding hydrogens is 500 g/mol. The predicted octanol–water partition coefficient (Wildman–Crippen LogP) is 5.83. The highest BCUT2D eigenvalue weighted by molar-refractivity contribution is 6.62. The first kappa shape index (κ1) is 26.2. The number of halogens is 2. The summed E-state index contributed by atoms with van der Waals surface area (Å²) in [6.45, 7) is 7.96. The largest absolute Gasteiger partial charge is 0.494 e. The van der Waals surface area contributed by atoms with Crippen molar-refractivity contribution in [2.24, 2.45) is 0 Å². The van der Waals surface area contributed by atoms with E-state index in [1.54, 1.807) is 42.5 Å². The summed E-state index contributed by atoms with van der Waals surface area (Å²) >= 11 is 12.2. The first-order valence-electron chi connectivity index (χ1n) is 11.4. The number of hydrogen-bond acceptors (Lipinski definition) is 5. The molecule has 1 aliphatic heterocycles. The van der Waals surface area contributed by atoms with E-state index in [-0.39, 0.29) is 10.6 Å². The predicted molar refractivity (Wildman–Crippen MR) is 142 cm³/mol. The molecule has 1 aliphatic rings. The van der Waals surface area contributed by atoms with Crippen LogP contribution in [-0.2, 0) is 18.8 Å². The van der Waals surface area contributed by atoms with Gasteiger partial charge in [0, 0.05) is 16.3 Å². The van der Waals surface area contributed by atoms with Crippen molar-refractivity contribution < 1.29 is 23.6 Å². The number of esters is 1. The monoisotopic (exact) mass is 525 g/mol. The molecule has 1 atom stereocenters. The Balaban J connectivity index is 1.51. The summed E-state index contributed by atoms with van der Waals surface area (Å²) in [5.74, 6) is -1.28. The number of ether oxygens (including phenoxy) is 1. The molecule has 6 nitrogen and oxygen atoms in total. The number of carbonyl (C=O) groups is 2. The van der Waals surface area contributed by atoms with E-state index in [4.69, 9.17) is 37.2 Å². The van der Waals surface area contributed by atoms with Crippen molar-refractivity contribution in [1.29, 1.82) is 0 Å². The maximum absolute atomic E-state index is 13.2. The van der Waals surface area contributed by atoms with E-state index in [9.17, 15) is 9.59 Å². The molecule has 3 aromatic carbocycles. The summed E-state index contributed by atoms with van der Waals surface area (Å²) in [6.07, 6.45) is -1.21. The number of carbonyl (C=O) groups excluding carboxylic acids is 2. The van der Waals surface area contributed by atoms with Gasteiger partial charge in [0.05, 0.1) is 21.8 Å². The third-order valence-electron chi connectivity index (χ3n) is 6.42. The summed E-state index contributed by atoms with van der Waals surface area (Å²) in [7, 11) is -0.514. The quantitative estimate of drug-likeness (QED) is 0.324. The molecule has 186 valence electrons. The van der Waals surface area contributed by atoms with Crippen molar-refractivity contribution in [1.82, 2.24) is 0 Å². The molecule has 0 aromatic heterocycles. The number of hydrogen-bond donors (Lipinski definition) is 1. The second-order valence-corrected chi connectivity index (χ2v) is 10.4. The van der Waals surface area contributed by atoms with Crippen molar-refractivity contribution in [2.45, 2.75) is 45.0 Å². The number of rotatable bonds is 6. The van der Waals surface area contributed by atoms with Crippen molar-refractivity contribution >= 4 is 53.3 Å². The Morgan fingerprint density at radius 2 is 1.50 bits per heavy atom. The van der Waals surface area contributed by atoms with E-state index >= 15 is 0 Å². The van der Waals surface area contributed by atoms with Crippen LogP contribution >= 0.6 is 23.2 Å². The summed E-state index contributed by atoms with van der Waals surface area (Å²) in [4.78, 5) is 26.1. The average Bonchev–Trinajstić information content (AvgIpc) is 3.06. The van der Waals surface area contributed by atoms with Crippen LogP contribution in [0, 0.1) is 0 Å². The van der Waals surface area contributed by atoms with Gasteiger partial charge in [0.1, 0.15) is 0 Å². The fraction of sp³-hybridized carbons (Fsp3) is 0.259. The highest BCUT2D eigenvalue weighted by Gasteiger charge is 2.51. The fourth-order valence-electron chi connectivity index (χ4n) is 3.64. The standard InChI is InChI=1S/C27H26BCl2NO5/c1-26(2)27(3,4)36-28(35-26)18-10-13-20(14-11-18)31-24(32)23(17-8-6-5-7-9-17)34-25(33)21-16-19(29)12-15-22(21)30/h5-16,23H,1-4H3,(H,31,32). The van der Waals surface area contributed by atoms with Crippen molar-refractivity contribution in [2.75, 3.05) is 5.32 Å². The zero-order valence-electron chi connectivity index (χ0n) is 20.4. The van der Waals surface area contributed by atoms with E-state index in [0.29, 0.717) is 16.3 Å². The molecule has 1 heterocycles. The maximum atomic E-state index is 13.2. The summed E-state index contributed by atoms with van der Waals surface area (Å²) < 4.78 is 17.8. The molecule has 0 saturated carbocycles. The molecular formula is C27H26BCl2NO5. The number of anilines is 1. The average molecular weight is 526 g/mol. The van der Waals surface area contributed by atoms with Gasteiger partial charge in [-0.05, 0) is 63.5 Å². The van der Waals surface area contributed by atoms with Crippen molar-refractivity contribution in [3.8, 4) is 0 Å². The first-order valence-corrected chi connectivity index (χ1v) is 12.2. The van der Waals surface area contributed by atoms with Crippen LogP contribution in [0.15, 0.2) is 72.8 Å². The molecule has 0 spiro atoms. The first-order chi connectivity index (χ1) is 17.0. The van der Waals surface area contributed by atoms with Crippen LogP contribution in [0.1, 0.15) is 49.7 Å². The molecule has 36 heavy (non-hydrogen) atoms. The highest BCUT2D eigenvalue weighted by Crippen LogP contribution is 2.36. The molecule has 1 saturated heterocycles. The second-order valence-electron chi connectivity index (χ2n) is 9.52. The van der Waals surface area contributed by atoms with Crippen LogP contribution in [0.5, 0.6) is 0 Å². The van der Waals surface area contributed by atoms with Crippen LogP contribution < -0.4 is 10.8 Å². The highest BCUT2D eigenvalue weighted by atomic mass is 35.5. The summed E-state index contributed by atoms with van der Waals surface area (Å²) in [5.41, 5.74) is 1.03. The molecule has 1 amide bonds.